The summed E-state index contributed by atoms with van der Waals surface area (Å²) in [5.74, 6) is -0.518. The van der Waals surface area contributed by atoms with Crippen molar-refractivity contribution >= 4 is 19.7 Å². The number of allylic oxidation sites excluding steroid dienone is 1. The smallest absolute Gasteiger partial charge is 0.306 e. The van der Waals surface area contributed by atoms with E-state index in [4.69, 9.17) is 13.8 Å². The molecule has 76 heavy (non-hydrogen) atoms. The van der Waals surface area contributed by atoms with Gasteiger partial charge in [-0.2, -0.15) is 0 Å². The van der Waals surface area contributed by atoms with Crippen molar-refractivity contribution in [3.63, 3.8) is 0 Å². The third kappa shape index (κ3) is 57.4. The molecule has 0 saturated carbocycles. The number of amides is 1. The molecule has 0 radical (unpaired) electrons. The first-order chi connectivity index (χ1) is 36.9. The van der Waals surface area contributed by atoms with E-state index in [0.29, 0.717) is 17.4 Å². The van der Waals surface area contributed by atoms with Crippen molar-refractivity contribution in [1.82, 2.24) is 5.32 Å². The lowest BCUT2D eigenvalue weighted by Crippen LogP contribution is -2.47. The average Bonchev–Trinajstić information content (AvgIpc) is 3.38. The highest BCUT2D eigenvalue weighted by Gasteiger charge is 2.27. The van der Waals surface area contributed by atoms with Crippen LogP contribution in [-0.2, 0) is 27.9 Å². The summed E-state index contributed by atoms with van der Waals surface area (Å²) in [5.41, 5.74) is 0. The normalized spacial score (nSPS) is 13.6. The predicted octanol–water partition coefficient (Wildman–Crippen LogP) is 20.1. The summed E-state index contributed by atoms with van der Waals surface area (Å²) in [7, 11) is 1.21. The fourth-order valence-corrected chi connectivity index (χ4v) is 11.0. The minimum absolute atomic E-state index is 0.0167. The van der Waals surface area contributed by atoms with Crippen molar-refractivity contribution < 1.29 is 37.3 Å². The van der Waals surface area contributed by atoms with Gasteiger partial charge in [0.15, 0.2) is 0 Å². The summed E-state index contributed by atoms with van der Waals surface area (Å²) < 4.78 is 30.3. The van der Waals surface area contributed by atoms with Crippen molar-refractivity contribution in [2.24, 2.45) is 0 Å². The number of rotatable bonds is 62. The van der Waals surface area contributed by atoms with E-state index in [0.717, 1.165) is 57.8 Å². The molecule has 0 bridgehead atoms. The first kappa shape index (κ1) is 74.8. The van der Waals surface area contributed by atoms with Crippen molar-refractivity contribution in [2.75, 3.05) is 40.9 Å². The molecule has 0 saturated heterocycles. The summed E-state index contributed by atoms with van der Waals surface area (Å²) in [6, 6.07) is -0.879. The Labute approximate surface area is 473 Å². The number of likely N-dealkylation sites (N-methyl/N-ethyl adjacent to an activating group) is 1. The zero-order valence-electron chi connectivity index (χ0n) is 51.7. The number of unbranched alkanes of at least 4 members (excludes halogenated alkanes) is 46. The maximum atomic E-state index is 13.5. The highest BCUT2D eigenvalue weighted by molar-refractivity contribution is 7.45. The van der Waals surface area contributed by atoms with Crippen LogP contribution in [-0.4, -0.2) is 69.4 Å². The van der Waals surface area contributed by atoms with Crippen LogP contribution in [0.2, 0.25) is 0 Å². The minimum Gasteiger partial charge on any atom is -0.756 e. The van der Waals surface area contributed by atoms with E-state index in [9.17, 15) is 19.0 Å². The molecule has 0 aromatic carbocycles. The molecule has 10 heteroatoms. The van der Waals surface area contributed by atoms with Crippen LogP contribution < -0.4 is 10.2 Å². The fourth-order valence-electron chi connectivity index (χ4n) is 10.3. The van der Waals surface area contributed by atoms with Gasteiger partial charge in [-0.25, -0.2) is 0 Å². The van der Waals surface area contributed by atoms with E-state index in [1.807, 2.05) is 33.3 Å². The molecule has 9 nitrogen and oxygen atoms in total. The number of ether oxygens (including phenoxy) is 1. The average molecular weight is 1100 g/mol. The molecule has 0 rings (SSSR count). The molecule has 0 aromatic heterocycles. The van der Waals surface area contributed by atoms with Crippen LogP contribution in [0.4, 0.5) is 0 Å². The predicted molar refractivity (Wildman–Crippen MR) is 326 cm³/mol. The Hall–Kier alpha value is -1.25. The second-order valence-electron chi connectivity index (χ2n) is 24.3. The Kier molecular flexibility index (Phi) is 56.1. The van der Waals surface area contributed by atoms with Crippen molar-refractivity contribution in [1.29, 1.82) is 0 Å². The number of hydrogen-bond acceptors (Lipinski definition) is 7. The van der Waals surface area contributed by atoms with Gasteiger partial charge in [0, 0.05) is 12.8 Å². The number of esters is 1. The number of carbonyl (C=O) groups excluding carboxylic acids is 2. The van der Waals surface area contributed by atoms with Crippen LogP contribution in [0.15, 0.2) is 12.2 Å². The molecule has 0 aliphatic carbocycles. The van der Waals surface area contributed by atoms with Gasteiger partial charge >= 0.3 is 5.97 Å². The van der Waals surface area contributed by atoms with E-state index in [1.54, 1.807) is 0 Å². The Morgan fingerprint density at radius 3 is 1.08 bits per heavy atom. The summed E-state index contributed by atoms with van der Waals surface area (Å²) in [5, 5.41) is 3.04. The standard InChI is InChI=1S/C66H131N2O7P/c1-7-10-13-16-19-22-25-27-29-30-31-32-33-34-35-36-37-38-39-40-43-46-49-52-55-58-65(69)67-63(62-74-76(71,72)73-61-60-68(4,5)6)64(57-54-51-48-45-42-24-21-18-15-12-9-3)75-66(70)59-56-53-50-47-44-41-28-26-23-20-17-14-11-8-2/h54,57,63-64H,7-53,55-56,58-62H2,1-6H3,(H-,67,69,71,72)/b57-54-. The number of nitrogens with zero attached hydrogens (tertiary/aromatic N) is 1. The quantitative estimate of drug-likeness (QED) is 0.0212. The Morgan fingerprint density at radius 1 is 0.447 bits per heavy atom. The molecular weight excluding hydrogens is 964 g/mol. The van der Waals surface area contributed by atoms with Gasteiger partial charge in [-0.15, -0.1) is 0 Å². The van der Waals surface area contributed by atoms with Crippen molar-refractivity contribution in [2.45, 2.75) is 360 Å². The number of quaternary nitrogens is 1. The van der Waals surface area contributed by atoms with Gasteiger partial charge in [0.25, 0.3) is 7.82 Å². The van der Waals surface area contributed by atoms with E-state index in [-0.39, 0.29) is 31.5 Å². The lowest BCUT2D eigenvalue weighted by Gasteiger charge is -2.30. The topological polar surface area (TPSA) is 114 Å². The third-order valence-electron chi connectivity index (χ3n) is 15.5. The maximum absolute atomic E-state index is 13.5. The van der Waals surface area contributed by atoms with Crippen LogP contribution >= 0.6 is 7.82 Å². The second-order valence-corrected chi connectivity index (χ2v) is 25.8. The highest BCUT2D eigenvalue weighted by Crippen LogP contribution is 2.38. The minimum atomic E-state index is -4.69. The summed E-state index contributed by atoms with van der Waals surface area (Å²) in [6.45, 7) is 6.90. The van der Waals surface area contributed by atoms with E-state index >= 15 is 0 Å². The molecule has 3 atom stereocenters. The number of carbonyl (C=O) groups is 2. The van der Waals surface area contributed by atoms with E-state index in [1.165, 1.54) is 257 Å². The lowest BCUT2D eigenvalue weighted by molar-refractivity contribution is -0.870. The van der Waals surface area contributed by atoms with Gasteiger partial charge < -0.3 is 28.5 Å². The molecule has 1 amide bonds. The van der Waals surface area contributed by atoms with Gasteiger partial charge in [0.05, 0.1) is 33.8 Å². The third-order valence-corrected chi connectivity index (χ3v) is 16.4. The van der Waals surface area contributed by atoms with Crippen LogP contribution in [0.3, 0.4) is 0 Å². The molecule has 0 aliphatic rings. The number of phosphoric ester groups is 1. The second kappa shape index (κ2) is 57.0. The zero-order valence-corrected chi connectivity index (χ0v) is 52.6. The first-order valence-corrected chi connectivity index (χ1v) is 35.0. The molecule has 3 unspecified atom stereocenters. The Balaban J connectivity index is 4.97. The molecule has 452 valence electrons. The summed E-state index contributed by atoms with van der Waals surface area (Å²) in [6.07, 6.45) is 66.2. The van der Waals surface area contributed by atoms with Crippen LogP contribution in [0.5, 0.6) is 0 Å². The van der Waals surface area contributed by atoms with Gasteiger partial charge in [-0.1, -0.05) is 316 Å². The van der Waals surface area contributed by atoms with Gasteiger partial charge in [0.1, 0.15) is 19.3 Å². The summed E-state index contributed by atoms with van der Waals surface area (Å²) >= 11 is 0. The molecule has 0 aromatic rings. The van der Waals surface area contributed by atoms with Gasteiger partial charge in [-0.3, -0.25) is 14.2 Å². The molecule has 1 N–H and O–H groups in total. The SMILES string of the molecule is CCCCCCCCCCC/C=C\C(OC(=O)CCCCCCCCCCCCCCCC)C(COP(=O)([O-])OCC[N+](C)(C)C)NC(=O)CCCCCCCCCCCCCCCCCCCCCCCCCCC. The largest absolute Gasteiger partial charge is 0.756 e. The van der Waals surface area contributed by atoms with Gasteiger partial charge in [0.2, 0.25) is 5.91 Å². The van der Waals surface area contributed by atoms with Crippen LogP contribution in [0.1, 0.15) is 348 Å². The number of phosphoric acid groups is 1. The highest BCUT2D eigenvalue weighted by atomic mass is 31.2. The molecule has 0 heterocycles. The monoisotopic (exact) mass is 1090 g/mol. The number of hydrogen-bond donors (Lipinski definition) is 1. The molecule has 0 spiro atoms. The number of nitrogens with one attached hydrogen (secondary N) is 1. The molecule has 0 aliphatic heterocycles. The van der Waals surface area contributed by atoms with E-state index < -0.39 is 20.0 Å². The Morgan fingerprint density at radius 2 is 0.750 bits per heavy atom. The van der Waals surface area contributed by atoms with Crippen molar-refractivity contribution in [3.05, 3.63) is 12.2 Å². The van der Waals surface area contributed by atoms with E-state index in [2.05, 4.69) is 26.1 Å². The van der Waals surface area contributed by atoms with Crippen LogP contribution in [0.25, 0.3) is 0 Å². The molecule has 0 fully saturated rings. The van der Waals surface area contributed by atoms with Gasteiger partial charge in [-0.05, 0) is 31.8 Å². The first-order valence-electron chi connectivity index (χ1n) is 33.5. The lowest BCUT2D eigenvalue weighted by atomic mass is 10.0. The summed E-state index contributed by atoms with van der Waals surface area (Å²) in [4.78, 5) is 40.0. The zero-order chi connectivity index (χ0) is 55.7. The fraction of sp³-hybridized carbons (Fsp3) is 0.939. The van der Waals surface area contributed by atoms with Crippen LogP contribution in [0, 0.1) is 0 Å². The molecular formula is C66H131N2O7P. The van der Waals surface area contributed by atoms with Crippen molar-refractivity contribution in [3.8, 4) is 0 Å². The maximum Gasteiger partial charge on any atom is 0.306 e. The Bertz CT molecular complexity index is 1310.